The molecule has 12 nitrogen and oxygen atoms in total. The highest BCUT2D eigenvalue weighted by Gasteiger charge is 2.23. The second-order valence-electron chi connectivity index (χ2n) is 8.65. The summed E-state index contributed by atoms with van der Waals surface area (Å²) < 4.78 is 11.1. The molecule has 0 aromatic heterocycles. The van der Waals surface area contributed by atoms with Crippen LogP contribution < -0.4 is 20.1 Å². The molecule has 2 N–H and O–H groups in total. The van der Waals surface area contributed by atoms with Crippen molar-refractivity contribution in [1.82, 2.24) is 0 Å². The predicted octanol–water partition coefficient (Wildman–Crippen LogP) is 5.47. The molecule has 0 heterocycles. The van der Waals surface area contributed by atoms with E-state index in [0.29, 0.717) is 22.1 Å². The number of rotatable bonds is 10. The molecule has 0 aliphatic carbocycles. The molecule has 2 atom stereocenters. The van der Waals surface area contributed by atoms with Crippen LogP contribution in [0.15, 0.2) is 84.9 Å². The third kappa shape index (κ3) is 6.13. The lowest BCUT2D eigenvalue weighted by molar-refractivity contribution is -0.386. The second kappa shape index (κ2) is 11.9. The lowest BCUT2D eigenvalue weighted by Gasteiger charge is -2.18. The van der Waals surface area contributed by atoms with Gasteiger partial charge in [0.15, 0.2) is 23.7 Å². The molecule has 2 unspecified atom stereocenters. The highest BCUT2D eigenvalue weighted by molar-refractivity contribution is 6.10. The molecule has 0 saturated heterocycles. The second-order valence-corrected chi connectivity index (χ2v) is 8.65. The number of nitrogens with one attached hydrogen (secondary N) is 2. The summed E-state index contributed by atoms with van der Waals surface area (Å²) in [6, 6.07) is 21.8. The van der Waals surface area contributed by atoms with Gasteiger partial charge in [-0.25, -0.2) is 0 Å². The van der Waals surface area contributed by atoms with Gasteiger partial charge in [-0.3, -0.25) is 29.8 Å². The Morgan fingerprint density at radius 1 is 0.625 bits per heavy atom. The van der Waals surface area contributed by atoms with E-state index < -0.39 is 33.9 Å². The number of amides is 2. The van der Waals surface area contributed by atoms with E-state index in [1.54, 1.807) is 48.5 Å². The van der Waals surface area contributed by atoms with E-state index in [1.165, 1.54) is 50.2 Å². The molecule has 0 fully saturated rings. The summed E-state index contributed by atoms with van der Waals surface area (Å²) in [6.07, 6.45) is -2.11. The van der Waals surface area contributed by atoms with Gasteiger partial charge in [0.05, 0.1) is 9.85 Å². The largest absolute Gasteiger partial charge is 0.474 e. The van der Waals surface area contributed by atoms with Gasteiger partial charge in [-0.05, 0) is 38.1 Å². The topological polar surface area (TPSA) is 163 Å². The number of ether oxygens (including phenoxy) is 2. The fourth-order valence-corrected chi connectivity index (χ4v) is 3.90. The molecule has 12 heteroatoms. The van der Waals surface area contributed by atoms with Crippen LogP contribution in [-0.4, -0.2) is 33.9 Å². The lowest BCUT2D eigenvalue weighted by atomic mass is 10.1. The van der Waals surface area contributed by atoms with Crippen molar-refractivity contribution in [2.24, 2.45) is 0 Å². The van der Waals surface area contributed by atoms with Crippen LogP contribution in [-0.2, 0) is 9.59 Å². The Morgan fingerprint density at radius 3 is 1.38 bits per heavy atom. The van der Waals surface area contributed by atoms with Gasteiger partial charge in [0, 0.05) is 34.3 Å². The maximum absolute atomic E-state index is 12.9. The van der Waals surface area contributed by atoms with E-state index in [-0.39, 0.29) is 22.9 Å². The number of fused-ring (bicyclic) bond motifs is 1. The van der Waals surface area contributed by atoms with E-state index in [4.69, 9.17) is 9.47 Å². The van der Waals surface area contributed by atoms with Crippen molar-refractivity contribution < 1.29 is 28.9 Å². The van der Waals surface area contributed by atoms with Crippen molar-refractivity contribution in [3.63, 3.8) is 0 Å². The average Bonchev–Trinajstić information content (AvgIpc) is 2.93. The first-order valence-corrected chi connectivity index (χ1v) is 12.1. The van der Waals surface area contributed by atoms with Gasteiger partial charge in [-0.15, -0.1) is 0 Å². The van der Waals surface area contributed by atoms with Crippen LogP contribution in [0.25, 0.3) is 10.8 Å². The molecule has 0 bridgehead atoms. The van der Waals surface area contributed by atoms with Gasteiger partial charge in [0.1, 0.15) is 0 Å². The van der Waals surface area contributed by atoms with E-state index in [1.807, 2.05) is 0 Å². The molecule has 0 aliphatic heterocycles. The molecule has 4 aromatic carbocycles. The quantitative estimate of drug-likeness (QED) is 0.196. The van der Waals surface area contributed by atoms with Crippen LogP contribution in [0.4, 0.5) is 22.7 Å². The summed E-state index contributed by atoms with van der Waals surface area (Å²) in [5.41, 5.74) is 0.349. The van der Waals surface area contributed by atoms with Crippen LogP contribution >= 0.6 is 0 Å². The average molecular weight is 545 g/mol. The van der Waals surface area contributed by atoms with Gasteiger partial charge >= 0.3 is 11.4 Å². The molecule has 0 aliphatic rings. The summed E-state index contributed by atoms with van der Waals surface area (Å²) in [6.45, 7) is 2.95. The summed E-state index contributed by atoms with van der Waals surface area (Å²) in [5, 5.41) is 29.3. The Bertz CT molecular complexity index is 1490. The fraction of sp³-hybridized carbons (Fsp3) is 0.143. The van der Waals surface area contributed by atoms with Gasteiger partial charge in [-0.2, -0.15) is 0 Å². The molecular weight excluding hydrogens is 520 g/mol. The third-order valence-corrected chi connectivity index (χ3v) is 5.91. The number of nitro benzene ring substituents is 2. The minimum atomic E-state index is -1.06. The Kier molecular flexibility index (Phi) is 8.19. The number of carbonyl (C=O) groups excluding carboxylic acids is 2. The zero-order valence-electron chi connectivity index (χ0n) is 21.4. The number of benzene rings is 4. The monoisotopic (exact) mass is 544 g/mol. The summed E-state index contributed by atoms with van der Waals surface area (Å²) in [5.74, 6) is -1.14. The standard InChI is InChI=1S/C28H24N4O8/c1-17(39-25-15-5-3-13-23(25)31(35)36)27(33)29-21-11-7-10-20-19(21)9-8-12-22(20)30-28(34)18(2)40-26-16-6-4-14-24(26)32(37)38/h3-18H,1-2H3,(H,29,33)(H,30,34). The number of para-hydroxylation sites is 4. The van der Waals surface area contributed by atoms with E-state index in [2.05, 4.69) is 10.6 Å². The predicted molar refractivity (Wildman–Crippen MR) is 148 cm³/mol. The van der Waals surface area contributed by atoms with E-state index in [0.717, 1.165) is 0 Å². The minimum absolute atomic E-state index is 0.0322. The highest BCUT2D eigenvalue weighted by Crippen LogP contribution is 2.31. The summed E-state index contributed by atoms with van der Waals surface area (Å²) in [7, 11) is 0. The van der Waals surface area contributed by atoms with Crippen LogP contribution in [0.5, 0.6) is 11.5 Å². The van der Waals surface area contributed by atoms with Crippen molar-refractivity contribution in [1.29, 1.82) is 0 Å². The number of nitrogens with zero attached hydrogens (tertiary/aromatic N) is 2. The maximum atomic E-state index is 12.9. The molecule has 4 rings (SSSR count). The highest BCUT2D eigenvalue weighted by atomic mass is 16.6. The van der Waals surface area contributed by atoms with Gasteiger partial charge in [0.25, 0.3) is 11.8 Å². The van der Waals surface area contributed by atoms with Crippen molar-refractivity contribution in [2.75, 3.05) is 10.6 Å². The zero-order valence-corrected chi connectivity index (χ0v) is 21.4. The lowest BCUT2D eigenvalue weighted by Crippen LogP contribution is -2.30. The third-order valence-electron chi connectivity index (χ3n) is 5.91. The van der Waals surface area contributed by atoms with Crippen LogP contribution in [0.2, 0.25) is 0 Å². The normalized spacial score (nSPS) is 12.2. The molecular formula is C28H24N4O8. The Morgan fingerprint density at radius 2 is 1.00 bits per heavy atom. The van der Waals surface area contributed by atoms with Gasteiger partial charge in [0.2, 0.25) is 0 Å². The number of nitro groups is 2. The zero-order chi connectivity index (χ0) is 28.8. The molecule has 0 saturated carbocycles. The fourth-order valence-electron chi connectivity index (χ4n) is 3.90. The molecule has 40 heavy (non-hydrogen) atoms. The molecule has 204 valence electrons. The Balaban J connectivity index is 1.50. The Labute approximate surface area is 227 Å². The SMILES string of the molecule is CC(Oc1ccccc1[N+](=O)[O-])C(=O)Nc1cccc2c(NC(=O)C(C)Oc3ccccc3[N+](=O)[O-])cccc12. The maximum Gasteiger partial charge on any atom is 0.310 e. The van der Waals surface area contributed by atoms with Crippen LogP contribution in [0.1, 0.15) is 13.8 Å². The molecule has 4 aromatic rings. The first-order valence-electron chi connectivity index (χ1n) is 12.1. The van der Waals surface area contributed by atoms with E-state index in [9.17, 15) is 29.8 Å². The number of hydrogen-bond acceptors (Lipinski definition) is 8. The number of anilines is 2. The van der Waals surface area contributed by atoms with Crippen molar-refractivity contribution in [2.45, 2.75) is 26.1 Å². The Hall–Kier alpha value is -5.52. The first-order chi connectivity index (χ1) is 19.2. The molecule has 0 radical (unpaired) electrons. The first kappa shape index (κ1) is 27.5. The van der Waals surface area contributed by atoms with Crippen molar-refractivity contribution >= 4 is 45.3 Å². The molecule has 2 amide bonds. The van der Waals surface area contributed by atoms with Gasteiger partial charge in [-0.1, -0.05) is 48.5 Å². The summed E-state index contributed by atoms with van der Waals surface area (Å²) in [4.78, 5) is 47.1. The van der Waals surface area contributed by atoms with Crippen LogP contribution in [0, 0.1) is 20.2 Å². The van der Waals surface area contributed by atoms with E-state index >= 15 is 0 Å². The summed E-state index contributed by atoms with van der Waals surface area (Å²) >= 11 is 0. The van der Waals surface area contributed by atoms with Crippen LogP contribution in [0.3, 0.4) is 0 Å². The number of carbonyl (C=O) groups is 2. The minimum Gasteiger partial charge on any atom is -0.474 e. The van der Waals surface area contributed by atoms with Crippen molar-refractivity contribution in [3.05, 3.63) is 105 Å². The van der Waals surface area contributed by atoms with Gasteiger partial charge < -0.3 is 20.1 Å². The molecule has 0 spiro atoms. The smallest absolute Gasteiger partial charge is 0.310 e. The van der Waals surface area contributed by atoms with Crippen molar-refractivity contribution in [3.8, 4) is 11.5 Å². The number of hydrogen-bond donors (Lipinski definition) is 2.